The Hall–Kier alpha value is -1.12. The minimum absolute atomic E-state index is 0.134. The van der Waals surface area contributed by atoms with Crippen molar-refractivity contribution in [1.82, 2.24) is 4.37 Å². The third kappa shape index (κ3) is 1.58. The first kappa shape index (κ1) is 11.4. The largest absolute Gasteiger partial charge is 0.392 e. The van der Waals surface area contributed by atoms with E-state index < -0.39 is 0 Å². The van der Waals surface area contributed by atoms with Crippen molar-refractivity contribution in [1.29, 1.82) is 5.26 Å². The molecule has 16 heavy (non-hydrogen) atoms. The number of hydrogen-bond donors (Lipinski definition) is 2. The van der Waals surface area contributed by atoms with Gasteiger partial charge in [-0.15, -0.1) is 0 Å². The zero-order chi connectivity index (χ0) is 11.9. The molecule has 0 spiro atoms. The molecule has 2 unspecified atom stereocenters. The minimum Gasteiger partial charge on any atom is -0.392 e. The Bertz CT molecular complexity index is 447. The van der Waals surface area contributed by atoms with Crippen LogP contribution < -0.4 is 5.32 Å². The van der Waals surface area contributed by atoms with Gasteiger partial charge in [-0.1, -0.05) is 13.8 Å². The van der Waals surface area contributed by atoms with Gasteiger partial charge in [0, 0.05) is 11.5 Å². The van der Waals surface area contributed by atoms with E-state index >= 15 is 0 Å². The van der Waals surface area contributed by atoms with E-state index in [0.29, 0.717) is 5.56 Å². The Morgan fingerprint density at radius 2 is 2.31 bits per heavy atom. The van der Waals surface area contributed by atoms with E-state index in [1.807, 2.05) is 20.8 Å². The van der Waals surface area contributed by atoms with Crippen LogP contribution in [0.15, 0.2) is 0 Å². The third-order valence-corrected chi connectivity index (χ3v) is 4.37. The van der Waals surface area contributed by atoms with Crippen LogP contribution in [0.25, 0.3) is 0 Å². The number of anilines is 1. The van der Waals surface area contributed by atoms with Crippen LogP contribution in [0.3, 0.4) is 0 Å². The van der Waals surface area contributed by atoms with E-state index in [9.17, 15) is 5.11 Å². The van der Waals surface area contributed by atoms with Crippen molar-refractivity contribution in [2.75, 3.05) is 5.32 Å². The van der Waals surface area contributed by atoms with Gasteiger partial charge < -0.3 is 10.4 Å². The van der Waals surface area contributed by atoms with Gasteiger partial charge in [0.2, 0.25) is 0 Å². The first-order valence-electron chi connectivity index (χ1n) is 5.27. The first-order valence-corrected chi connectivity index (χ1v) is 6.05. The Balaban J connectivity index is 2.15. The van der Waals surface area contributed by atoms with Gasteiger partial charge in [0.25, 0.3) is 0 Å². The molecular formula is C11H15N3OS. The van der Waals surface area contributed by atoms with Gasteiger partial charge >= 0.3 is 0 Å². The van der Waals surface area contributed by atoms with Gasteiger partial charge in [-0.2, -0.15) is 9.64 Å². The molecular weight excluding hydrogens is 222 g/mol. The lowest BCUT2D eigenvalue weighted by molar-refractivity contribution is -0.0509. The Morgan fingerprint density at radius 3 is 2.81 bits per heavy atom. The van der Waals surface area contributed by atoms with Gasteiger partial charge in [-0.05, 0) is 24.9 Å². The highest BCUT2D eigenvalue weighted by Gasteiger charge is 2.47. The average molecular weight is 237 g/mol. The summed E-state index contributed by atoms with van der Waals surface area (Å²) < 4.78 is 4.16. The quantitative estimate of drug-likeness (QED) is 0.824. The van der Waals surface area contributed by atoms with E-state index in [2.05, 4.69) is 15.8 Å². The van der Waals surface area contributed by atoms with Crippen LogP contribution in [0.4, 0.5) is 5.00 Å². The Kier molecular flexibility index (Phi) is 2.64. The molecule has 2 atom stereocenters. The molecule has 0 bridgehead atoms. The van der Waals surface area contributed by atoms with Crippen LogP contribution in [0.5, 0.6) is 0 Å². The predicted molar refractivity (Wildman–Crippen MR) is 63.4 cm³/mol. The topological polar surface area (TPSA) is 68.9 Å². The maximum absolute atomic E-state index is 9.64. The molecule has 1 heterocycles. The molecule has 1 aliphatic rings. The number of aliphatic hydroxyl groups is 1. The van der Waals surface area contributed by atoms with Crippen LogP contribution >= 0.6 is 11.5 Å². The van der Waals surface area contributed by atoms with Gasteiger partial charge in [-0.25, -0.2) is 0 Å². The summed E-state index contributed by atoms with van der Waals surface area (Å²) in [6, 6.07) is 2.38. The normalized spacial score (nSPS) is 26.9. The zero-order valence-corrected chi connectivity index (χ0v) is 10.4. The molecule has 4 nitrogen and oxygen atoms in total. The predicted octanol–water partition coefficient (Wildman–Crippen LogP) is 1.89. The second-order valence-corrected chi connectivity index (χ2v) is 5.63. The summed E-state index contributed by atoms with van der Waals surface area (Å²) in [5.74, 6) is 0. The van der Waals surface area contributed by atoms with Crippen molar-refractivity contribution >= 4 is 16.5 Å². The molecule has 0 saturated heterocycles. The average Bonchev–Trinajstić information content (AvgIpc) is 2.59. The molecule has 0 radical (unpaired) electrons. The van der Waals surface area contributed by atoms with E-state index in [0.717, 1.165) is 17.1 Å². The van der Waals surface area contributed by atoms with Gasteiger partial charge in [-0.3, -0.25) is 0 Å². The number of aromatic nitrogens is 1. The summed E-state index contributed by atoms with van der Waals surface area (Å²) in [5, 5.41) is 22.8. The second-order valence-electron chi connectivity index (χ2n) is 4.85. The van der Waals surface area contributed by atoms with Crippen LogP contribution in [0, 0.1) is 23.7 Å². The molecule has 0 amide bonds. The number of nitrogens with zero attached hydrogens (tertiary/aromatic N) is 2. The van der Waals surface area contributed by atoms with E-state index in [4.69, 9.17) is 5.26 Å². The first-order chi connectivity index (χ1) is 7.46. The van der Waals surface area contributed by atoms with Crippen molar-refractivity contribution in [2.24, 2.45) is 5.41 Å². The maximum atomic E-state index is 9.64. The van der Waals surface area contributed by atoms with E-state index in [1.54, 1.807) is 0 Å². The second kappa shape index (κ2) is 3.72. The van der Waals surface area contributed by atoms with Crippen molar-refractivity contribution in [3.8, 4) is 6.07 Å². The molecule has 1 aromatic rings. The van der Waals surface area contributed by atoms with Crippen LogP contribution in [-0.4, -0.2) is 21.6 Å². The van der Waals surface area contributed by atoms with Crippen molar-refractivity contribution in [3.63, 3.8) is 0 Å². The summed E-state index contributed by atoms with van der Waals surface area (Å²) >= 11 is 1.32. The smallest absolute Gasteiger partial charge is 0.127 e. The third-order valence-electron chi connectivity index (χ3n) is 3.50. The monoisotopic (exact) mass is 237 g/mol. The fourth-order valence-electron chi connectivity index (χ4n) is 1.91. The van der Waals surface area contributed by atoms with Crippen LogP contribution in [0.2, 0.25) is 0 Å². The van der Waals surface area contributed by atoms with Crippen LogP contribution in [-0.2, 0) is 0 Å². The number of nitriles is 1. The highest BCUT2D eigenvalue weighted by atomic mass is 32.1. The Morgan fingerprint density at radius 1 is 1.62 bits per heavy atom. The molecule has 1 aliphatic carbocycles. The minimum atomic E-state index is -0.260. The highest BCUT2D eigenvalue weighted by molar-refractivity contribution is 7.10. The molecule has 1 aromatic heterocycles. The summed E-state index contributed by atoms with van der Waals surface area (Å²) in [7, 11) is 0. The maximum Gasteiger partial charge on any atom is 0.127 e. The molecule has 2 N–H and O–H groups in total. The number of nitrogens with one attached hydrogen (secondary N) is 1. The number of aryl methyl sites for hydroxylation is 1. The Labute approximate surface area is 99.1 Å². The molecule has 0 aliphatic heterocycles. The van der Waals surface area contributed by atoms with Gasteiger partial charge in [0.05, 0.1) is 11.8 Å². The SMILES string of the molecule is Cc1nsc(NC2CC(O)C2(C)C)c1C#N. The number of hydrogen-bond acceptors (Lipinski definition) is 5. The lowest BCUT2D eigenvalue weighted by Crippen LogP contribution is -2.56. The number of rotatable bonds is 2. The van der Waals surface area contributed by atoms with Gasteiger partial charge in [0.15, 0.2) is 0 Å². The standard InChI is InChI=1S/C11H15N3OS/c1-6-7(5-12)10(16-14-6)13-8-4-9(15)11(8,2)3/h8-9,13,15H,4H2,1-3H3. The van der Waals surface area contributed by atoms with Gasteiger partial charge in [0.1, 0.15) is 16.6 Å². The molecule has 86 valence electrons. The van der Waals surface area contributed by atoms with Crippen molar-refractivity contribution < 1.29 is 5.11 Å². The lowest BCUT2D eigenvalue weighted by atomic mass is 9.64. The van der Waals surface area contributed by atoms with Crippen LogP contribution in [0.1, 0.15) is 31.5 Å². The summed E-state index contributed by atoms with van der Waals surface area (Å²) in [5.41, 5.74) is 1.26. The molecule has 1 fully saturated rings. The highest BCUT2D eigenvalue weighted by Crippen LogP contribution is 2.43. The molecule has 0 aromatic carbocycles. The summed E-state index contributed by atoms with van der Waals surface area (Å²) in [6.45, 7) is 5.89. The number of aliphatic hydroxyl groups excluding tert-OH is 1. The van der Waals surface area contributed by atoms with E-state index in [1.165, 1.54) is 11.5 Å². The molecule has 5 heteroatoms. The lowest BCUT2D eigenvalue weighted by Gasteiger charge is -2.49. The zero-order valence-electron chi connectivity index (χ0n) is 9.61. The van der Waals surface area contributed by atoms with Crippen molar-refractivity contribution in [3.05, 3.63) is 11.3 Å². The fraction of sp³-hybridized carbons (Fsp3) is 0.636. The van der Waals surface area contributed by atoms with E-state index in [-0.39, 0.29) is 17.6 Å². The molecule has 1 saturated carbocycles. The summed E-state index contributed by atoms with van der Waals surface area (Å²) in [6.07, 6.45) is 0.471. The molecule has 2 rings (SSSR count). The fourth-order valence-corrected chi connectivity index (χ4v) is 2.70. The summed E-state index contributed by atoms with van der Waals surface area (Å²) in [4.78, 5) is 0. The van der Waals surface area contributed by atoms with Crippen molar-refractivity contribution in [2.45, 2.75) is 39.3 Å².